The Labute approximate surface area is 85.1 Å². The first-order valence-electron chi connectivity index (χ1n) is 4.56. The molecule has 0 radical (unpaired) electrons. The fraction of sp³-hybridized carbons (Fsp3) is 0.231. The van der Waals surface area contributed by atoms with Gasteiger partial charge >= 0.3 is 0 Å². The molecule has 0 heterocycles. The Morgan fingerprint density at radius 2 is 2.07 bits per heavy atom. The summed E-state index contributed by atoms with van der Waals surface area (Å²) in [6.45, 7) is 7.53. The molecule has 14 heavy (non-hydrogen) atoms. The van der Waals surface area contributed by atoms with Crippen LogP contribution in [0.4, 0.5) is 0 Å². The molecule has 72 valence electrons. The zero-order chi connectivity index (χ0) is 10.6. The van der Waals surface area contributed by atoms with Crippen LogP contribution in [0.3, 0.4) is 0 Å². The number of hydrogen-bond donors (Lipinski definition) is 1. The molecular weight excluding hydrogens is 172 g/mol. The Kier molecular flexibility index (Phi) is 3.50. The average molecular weight is 186 g/mol. The van der Waals surface area contributed by atoms with Crippen LogP contribution >= 0.6 is 0 Å². The lowest BCUT2D eigenvalue weighted by Gasteiger charge is -2.02. The molecule has 0 saturated heterocycles. The fourth-order valence-electron chi connectivity index (χ4n) is 1.17. The van der Waals surface area contributed by atoms with Gasteiger partial charge in [0.15, 0.2) is 0 Å². The number of aliphatic hydroxyl groups excluding tert-OH is 1. The summed E-state index contributed by atoms with van der Waals surface area (Å²) < 4.78 is 0. The predicted octanol–water partition coefficient (Wildman–Crippen LogP) is 2.39. The van der Waals surface area contributed by atoms with Crippen molar-refractivity contribution in [1.82, 2.24) is 0 Å². The minimum Gasteiger partial charge on any atom is -0.381 e. The monoisotopic (exact) mass is 186 g/mol. The van der Waals surface area contributed by atoms with Crippen LogP contribution in [0.2, 0.25) is 0 Å². The van der Waals surface area contributed by atoms with Gasteiger partial charge in [-0.1, -0.05) is 42.7 Å². The van der Waals surface area contributed by atoms with Gasteiger partial charge in [-0.2, -0.15) is 0 Å². The number of aliphatic hydroxyl groups is 1. The first-order valence-corrected chi connectivity index (χ1v) is 4.56. The topological polar surface area (TPSA) is 20.2 Å². The number of aryl methyl sites for hydroxylation is 1. The molecule has 0 fully saturated rings. The van der Waals surface area contributed by atoms with E-state index in [0.29, 0.717) is 0 Å². The van der Waals surface area contributed by atoms with Gasteiger partial charge < -0.3 is 5.11 Å². The molecule has 0 saturated carbocycles. The lowest BCUT2D eigenvalue weighted by molar-refractivity contribution is 0.253. The van der Waals surface area contributed by atoms with E-state index in [-0.39, 0.29) is 0 Å². The zero-order valence-electron chi connectivity index (χ0n) is 8.54. The van der Waals surface area contributed by atoms with Crippen molar-refractivity contribution >= 4 is 5.57 Å². The summed E-state index contributed by atoms with van der Waals surface area (Å²) in [7, 11) is 0. The van der Waals surface area contributed by atoms with Gasteiger partial charge in [0.2, 0.25) is 0 Å². The summed E-state index contributed by atoms with van der Waals surface area (Å²) in [5.74, 6) is 5.52. The zero-order valence-corrected chi connectivity index (χ0v) is 8.54. The molecule has 1 nitrogen and oxygen atoms in total. The third kappa shape index (κ3) is 2.76. The standard InChI is InChI=1S/C13H14O/c1-10-6-4-5-7-13(10)11(2)8-9-12(3)14/h4-7,12,14H,2H2,1,3H3. The van der Waals surface area contributed by atoms with Crippen LogP contribution in [-0.2, 0) is 0 Å². The molecule has 1 aromatic carbocycles. The Morgan fingerprint density at radius 3 is 2.64 bits per heavy atom. The first-order chi connectivity index (χ1) is 6.61. The van der Waals surface area contributed by atoms with Crippen molar-refractivity contribution in [2.75, 3.05) is 0 Å². The van der Waals surface area contributed by atoms with Crippen molar-refractivity contribution in [3.63, 3.8) is 0 Å². The van der Waals surface area contributed by atoms with Crippen molar-refractivity contribution in [2.24, 2.45) is 0 Å². The largest absolute Gasteiger partial charge is 0.381 e. The minimum absolute atomic E-state index is 0.601. The molecule has 0 aromatic heterocycles. The normalized spacial score (nSPS) is 11.4. The van der Waals surface area contributed by atoms with E-state index in [1.807, 2.05) is 31.2 Å². The lowest BCUT2D eigenvalue weighted by Crippen LogP contribution is -1.93. The second-order valence-electron chi connectivity index (χ2n) is 3.24. The molecule has 0 aliphatic heterocycles. The van der Waals surface area contributed by atoms with Gasteiger partial charge in [-0.25, -0.2) is 0 Å². The smallest absolute Gasteiger partial charge is 0.112 e. The number of benzene rings is 1. The predicted molar refractivity (Wildman–Crippen MR) is 59.7 cm³/mol. The van der Waals surface area contributed by atoms with Gasteiger partial charge in [0.1, 0.15) is 6.10 Å². The molecule has 0 spiro atoms. The Balaban J connectivity index is 2.93. The highest BCUT2D eigenvalue weighted by Gasteiger charge is 1.98. The Morgan fingerprint density at radius 1 is 1.43 bits per heavy atom. The highest BCUT2D eigenvalue weighted by atomic mass is 16.3. The van der Waals surface area contributed by atoms with Crippen LogP contribution in [0.1, 0.15) is 18.1 Å². The molecule has 1 unspecified atom stereocenters. The van der Waals surface area contributed by atoms with Crippen LogP contribution < -0.4 is 0 Å². The summed E-state index contributed by atoms with van der Waals surface area (Å²) in [5, 5.41) is 9.00. The molecule has 1 N–H and O–H groups in total. The van der Waals surface area contributed by atoms with E-state index >= 15 is 0 Å². The molecule has 1 aromatic rings. The maximum absolute atomic E-state index is 9.00. The van der Waals surface area contributed by atoms with Gasteiger partial charge in [0.05, 0.1) is 0 Å². The van der Waals surface area contributed by atoms with Crippen LogP contribution in [-0.4, -0.2) is 11.2 Å². The van der Waals surface area contributed by atoms with E-state index in [4.69, 9.17) is 5.11 Å². The number of hydrogen-bond acceptors (Lipinski definition) is 1. The maximum Gasteiger partial charge on any atom is 0.112 e. The molecule has 1 rings (SSSR count). The summed E-state index contributed by atoms with van der Waals surface area (Å²) in [6.07, 6.45) is -0.601. The van der Waals surface area contributed by atoms with Crippen LogP contribution in [0.15, 0.2) is 30.8 Å². The molecule has 0 amide bonds. The van der Waals surface area contributed by atoms with Crippen LogP contribution in [0, 0.1) is 18.8 Å². The van der Waals surface area contributed by atoms with Crippen molar-refractivity contribution < 1.29 is 5.11 Å². The third-order valence-electron chi connectivity index (χ3n) is 1.90. The van der Waals surface area contributed by atoms with E-state index in [1.54, 1.807) is 6.92 Å². The van der Waals surface area contributed by atoms with E-state index in [0.717, 1.165) is 16.7 Å². The van der Waals surface area contributed by atoms with E-state index in [1.165, 1.54) is 0 Å². The molecule has 1 atom stereocenters. The third-order valence-corrected chi connectivity index (χ3v) is 1.90. The van der Waals surface area contributed by atoms with Crippen molar-refractivity contribution in [2.45, 2.75) is 20.0 Å². The van der Waals surface area contributed by atoms with Crippen LogP contribution in [0.5, 0.6) is 0 Å². The molecule has 1 heteroatoms. The average Bonchev–Trinajstić information content (AvgIpc) is 2.15. The van der Waals surface area contributed by atoms with E-state index in [9.17, 15) is 0 Å². The molecule has 0 aliphatic rings. The fourth-order valence-corrected chi connectivity index (χ4v) is 1.17. The molecule has 0 bridgehead atoms. The van der Waals surface area contributed by atoms with Crippen LogP contribution in [0.25, 0.3) is 5.57 Å². The van der Waals surface area contributed by atoms with Gasteiger partial charge in [0, 0.05) is 5.57 Å². The number of allylic oxidation sites excluding steroid dienone is 1. The first kappa shape index (κ1) is 10.6. The van der Waals surface area contributed by atoms with Gasteiger partial charge in [-0.3, -0.25) is 0 Å². The highest BCUT2D eigenvalue weighted by Crippen LogP contribution is 2.15. The summed E-state index contributed by atoms with van der Waals surface area (Å²) in [4.78, 5) is 0. The van der Waals surface area contributed by atoms with Gasteiger partial charge in [-0.15, -0.1) is 0 Å². The Hall–Kier alpha value is -1.52. The van der Waals surface area contributed by atoms with E-state index < -0.39 is 6.10 Å². The van der Waals surface area contributed by atoms with Gasteiger partial charge in [-0.05, 0) is 25.0 Å². The Bertz CT molecular complexity index is 391. The quantitative estimate of drug-likeness (QED) is 0.668. The SMILES string of the molecule is C=C(C#CC(C)O)c1ccccc1C. The number of rotatable bonds is 1. The molecule has 0 aliphatic carbocycles. The summed E-state index contributed by atoms with van der Waals surface area (Å²) in [5.41, 5.74) is 2.95. The molecular formula is C13H14O. The second-order valence-corrected chi connectivity index (χ2v) is 3.24. The van der Waals surface area contributed by atoms with Crippen molar-refractivity contribution in [3.8, 4) is 11.8 Å². The minimum atomic E-state index is -0.601. The lowest BCUT2D eigenvalue weighted by atomic mass is 10.0. The van der Waals surface area contributed by atoms with Crippen molar-refractivity contribution in [3.05, 3.63) is 42.0 Å². The van der Waals surface area contributed by atoms with Gasteiger partial charge in [0.25, 0.3) is 0 Å². The summed E-state index contributed by atoms with van der Waals surface area (Å²) >= 11 is 0. The van der Waals surface area contributed by atoms with E-state index in [2.05, 4.69) is 18.4 Å². The summed E-state index contributed by atoms with van der Waals surface area (Å²) in [6, 6.07) is 7.94. The highest BCUT2D eigenvalue weighted by molar-refractivity contribution is 5.78. The maximum atomic E-state index is 9.00. The van der Waals surface area contributed by atoms with Crippen molar-refractivity contribution in [1.29, 1.82) is 0 Å². The second kappa shape index (κ2) is 4.64.